The SMILES string of the molecule is CC(=NNC(N)=S)C(C)(C)O. The van der Waals surface area contributed by atoms with Gasteiger partial charge in [0.2, 0.25) is 0 Å². The molecule has 0 atom stereocenters. The molecule has 0 bridgehead atoms. The summed E-state index contributed by atoms with van der Waals surface area (Å²) in [5.41, 5.74) is 7.10. The number of hydrogen-bond donors (Lipinski definition) is 3. The van der Waals surface area contributed by atoms with E-state index in [4.69, 9.17) is 5.73 Å². The number of rotatable bonds is 2. The van der Waals surface area contributed by atoms with Crippen molar-refractivity contribution >= 4 is 23.0 Å². The minimum atomic E-state index is -0.933. The lowest BCUT2D eigenvalue weighted by Gasteiger charge is -2.16. The first-order valence-corrected chi connectivity index (χ1v) is 3.57. The van der Waals surface area contributed by atoms with Crippen LogP contribution >= 0.6 is 12.2 Å². The van der Waals surface area contributed by atoms with Crippen molar-refractivity contribution in [2.75, 3.05) is 0 Å². The fourth-order valence-electron chi connectivity index (χ4n) is 0.276. The molecule has 0 aliphatic heterocycles. The molecule has 0 aromatic heterocycles. The van der Waals surface area contributed by atoms with Gasteiger partial charge in [-0.1, -0.05) is 0 Å². The Morgan fingerprint density at radius 2 is 2.09 bits per heavy atom. The fraction of sp³-hybridized carbons (Fsp3) is 0.667. The van der Waals surface area contributed by atoms with Crippen LogP contribution in [0.15, 0.2) is 5.10 Å². The average Bonchev–Trinajstić information content (AvgIpc) is 1.80. The summed E-state index contributed by atoms with van der Waals surface area (Å²) in [5.74, 6) is 0. The van der Waals surface area contributed by atoms with Crippen molar-refractivity contribution in [1.82, 2.24) is 5.43 Å². The number of hydrazone groups is 1. The van der Waals surface area contributed by atoms with Crippen LogP contribution < -0.4 is 11.2 Å². The first kappa shape index (κ1) is 10.3. The molecule has 4 nitrogen and oxygen atoms in total. The highest BCUT2D eigenvalue weighted by Gasteiger charge is 2.16. The Bertz CT molecular complexity index is 183. The molecule has 0 amide bonds. The van der Waals surface area contributed by atoms with Crippen LogP contribution in [0.3, 0.4) is 0 Å². The molecule has 0 rings (SSSR count). The molecule has 0 aliphatic rings. The Morgan fingerprint density at radius 3 is 2.36 bits per heavy atom. The van der Waals surface area contributed by atoms with E-state index < -0.39 is 5.60 Å². The third kappa shape index (κ3) is 4.69. The van der Waals surface area contributed by atoms with Gasteiger partial charge in [-0.15, -0.1) is 0 Å². The van der Waals surface area contributed by atoms with E-state index in [9.17, 15) is 5.11 Å². The minimum Gasteiger partial charge on any atom is -0.384 e. The number of aliphatic hydroxyl groups is 1. The van der Waals surface area contributed by atoms with Crippen LogP contribution in [0.5, 0.6) is 0 Å². The molecule has 0 spiro atoms. The van der Waals surface area contributed by atoms with E-state index >= 15 is 0 Å². The second kappa shape index (κ2) is 3.64. The second-order valence-electron chi connectivity index (χ2n) is 2.73. The van der Waals surface area contributed by atoms with Gasteiger partial charge in [0, 0.05) is 0 Å². The maximum absolute atomic E-state index is 9.34. The van der Waals surface area contributed by atoms with Gasteiger partial charge in [-0.2, -0.15) is 5.10 Å². The van der Waals surface area contributed by atoms with Crippen molar-refractivity contribution in [1.29, 1.82) is 0 Å². The van der Waals surface area contributed by atoms with Crippen molar-refractivity contribution in [2.24, 2.45) is 10.8 Å². The first-order chi connectivity index (χ1) is 4.84. The summed E-state index contributed by atoms with van der Waals surface area (Å²) in [7, 11) is 0. The van der Waals surface area contributed by atoms with Crippen LogP contribution in [-0.2, 0) is 0 Å². The number of hydrogen-bond acceptors (Lipinski definition) is 3. The minimum absolute atomic E-state index is 0.0913. The van der Waals surface area contributed by atoms with Gasteiger partial charge in [-0.05, 0) is 33.0 Å². The molecular formula is C6H13N3OS. The lowest BCUT2D eigenvalue weighted by atomic mass is 10.1. The van der Waals surface area contributed by atoms with Crippen LogP contribution in [0.25, 0.3) is 0 Å². The van der Waals surface area contributed by atoms with E-state index in [0.29, 0.717) is 5.71 Å². The van der Waals surface area contributed by atoms with Gasteiger partial charge in [0.15, 0.2) is 5.11 Å². The van der Waals surface area contributed by atoms with Gasteiger partial charge in [0.1, 0.15) is 0 Å². The van der Waals surface area contributed by atoms with E-state index in [2.05, 4.69) is 22.7 Å². The summed E-state index contributed by atoms with van der Waals surface area (Å²) < 4.78 is 0. The number of nitrogens with one attached hydrogen (secondary N) is 1. The van der Waals surface area contributed by atoms with E-state index in [1.54, 1.807) is 20.8 Å². The van der Waals surface area contributed by atoms with Crippen molar-refractivity contribution in [2.45, 2.75) is 26.4 Å². The summed E-state index contributed by atoms with van der Waals surface area (Å²) in [6.45, 7) is 4.95. The van der Waals surface area contributed by atoms with Crippen LogP contribution in [0.2, 0.25) is 0 Å². The van der Waals surface area contributed by atoms with E-state index in [1.165, 1.54) is 0 Å². The van der Waals surface area contributed by atoms with E-state index in [0.717, 1.165) is 0 Å². The topological polar surface area (TPSA) is 70.6 Å². The second-order valence-corrected chi connectivity index (χ2v) is 3.17. The Morgan fingerprint density at radius 1 is 1.64 bits per heavy atom. The third-order valence-corrected chi connectivity index (χ3v) is 1.31. The zero-order chi connectivity index (χ0) is 9.07. The lowest BCUT2D eigenvalue weighted by molar-refractivity contribution is 0.152. The molecular weight excluding hydrogens is 162 g/mol. The lowest BCUT2D eigenvalue weighted by Crippen LogP contribution is -2.33. The molecule has 0 radical (unpaired) electrons. The normalized spacial score (nSPS) is 12.9. The molecule has 0 saturated carbocycles. The van der Waals surface area contributed by atoms with Crippen molar-refractivity contribution in [3.8, 4) is 0 Å². The van der Waals surface area contributed by atoms with E-state index in [1.807, 2.05) is 0 Å². The van der Waals surface area contributed by atoms with Crippen LogP contribution in [0.1, 0.15) is 20.8 Å². The quantitative estimate of drug-likeness (QED) is 0.313. The van der Waals surface area contributed by atoms with Gasteiger partial charge in [0.25, 0.3) is 0 Å². The Kier molecular flexibility index (Phi) is 3.41. The predicted molar refractivity (Wildman–Crippen MR) is 49.3 cm³/mol. The Hall–Kier alpha value is -0.680. The van der Waals surface area contributed by atoms with Crippen LogP contribution in [0, 0.1) is 0 Å². The van der Waals surface area contributed by atoms with Crippen LogP contribution in [0.4, 0.5) is 0 Å². The van der Waals surface area contributed by atoms with Crippen molar-refractivity contribution < 1.29 is 5.11 Å². The predicted octanol–water partition coefficient (Wildman–Crippen LogP) is -0.0336. The van der Waals surface area contributed by atoms with E-state index in [-0.39, 0.29) is 5.11 Å². The summed E-state index contributed by atoms with van der Waals surface area (Å²) in [6.07, 6.45) is 0. The third-order valence-electron chi connectivity index (χ3n) is 1.22. The summed E-state index contributed by atoms with van der Waals surface area (Å²) in [5, 5.41) is 13.2. The summed E-state index contributed by atoms with van der Waals surface area (Å²) in [4.78, 5) is 0. The van der Waals surface area contributed by atoms with Gasteiger partial charge in [-0.3, -0.25) is 5.43 Å². The zero-order valence-electron chi connectivity index (χ0n) is 6.88. The molecule has 11 heavy (non-hydrogen) atoms. The number of nitrogens with two attached hydrogens (primary N) is 1. The zero-order valence-corrected chi connectivity index (χ0v) is 7.70. The first-order valence-electron chi connectivity index (χ1n) is 3.16. The highest BCUT2D eigenvalue weighted by molar-refractivity contribution is 7.80. The van der Waals surface area contributed by atoms with Gasteiger partial charge >= 0.3 is 0 Å². The Balaban J connectivity index is 4.12. The molecule has 0 aromatic carbocycles. The van der Waals surface area contributed by atoms with Gasteiger partial charge < -0.3 is 10.8 Å². The standard InChI is InChI=1S/C6H13N3OS/c1-4(6(2,3)10)8-9-5(7)11/h10H,1-3H3,(H3,7,9,11). The highest BCUT2D eigenvalue weighted by atomic mass is 32.1. The smallest absolute Gasteiger partial charge is 0.184 e. The largest absolute Gasteiger partial charge is 0.384 e. The molecule has 4 N–H and O–H groups in total. The molecule has 0 heterocycles. The molecule has 0 aliphatic carbocycles. The fourth-order valence-corrected chi connectivity index (χ4v) is 0.321. The molecule has 5 heteroatoms. The summed E-state index contributed by atoms with van der Waals surface area (Å²) >= 11 is 4.51. The molecule has 64 valence electrons. The van der Waals surface area contributed by atoms with Crippen molar-refractivity contribution in [3.05, 3.63) is 0 Å². The summed E-state index contributed by atoms with van der Waals surface area (Å²) in [6, 6.07) is 0. The highest BCUT2D eigenvalue weighted by Crippen LogP contribution is 2.02. The molecule has 0 saturated heterocycles. The maximum Gasteiger partial charge on any atom is 0.184 e. The number of thiocarbonyl (C=S) groups is 1. The monoisotopic (exact) mass is 175 g/mol. The average molecular weight is 175 g/mol. The Labute approximate surface area is 71.5 Å². The van der Waals surface area contributed by atoms with Crippen molar-refractivity contribution in [3.63, 3.8) is 0 Å². The number of nitrogens with zero attached hydrogens (tertiary/aromatic N) is 1. The van der Waals surface area contributed by atoms with Gasteiger partial charge in [0.05, 0.1) is 11.3 Å². The molecule has 0 unspecified atom stereocenters. The van der Waals surface area contributed by atoms with Gasteiger partial charge in [-0.25, -0.2) is 0 Å². The maximum atomic E-state index is 9.34. The van der Waals surface area contributed by atoms with Crippen LogP contribution in [-0.4, -0.2) is 21.5 Å². The molecule has 0 aromatic rings. The molecule has 0 fully saturated rings.